The third-order valence-electron chi connectivity index (χ3n) is 3.40. The Morgan fingerprint density at radius 1 is 1.25 bits per heavy atom. The maximum atomic E-state index is 12.9. The van der Waals surface area contributed by atoms with Crippen LogP contribution in [-0.2, 0) is 6.42 Å². The monoisotopic (exact) mass is 286 g/mol. The van der Waals surface area contributed by atoms with Crippen molar-refractivity contribution in [3.63, 3.8) is 0 Å². The number of hydrogen-bond donors (Lipinski definition) is 1. The second-order valence-corrected chi connectivity index (χ2v) is 4.91. The van der Waals surface area contributed by atoms with Crippen LogP contribution >= 0.6 is 0 Å². The normalized spacial score (nSPS) is 16.4. The van der Waals surface area contributed by atoms with E-state index in [2.05, 4.69) is 5.32 Å². The van der Waals surface area contributed by atoms with Gasteiger partial charge >= 0.3 is 12.2 Å². The number of aryl methyl sites for hydroxylation is 1. The number of nitrogens with zero attached hydrogens (tertiary/aromatic N) is 1. The van der Waals surface area contributed by atoms with Crippen LogP contribution in [0.25, 0.3) is 0 Å². The second-order valence-electron chi connectivity index (χ2n) is 4.91. The zero-order chi connectivity index (χ0) is 14.6. The number of hydrogen-bond acceptors (Lipinski definition) is 1. The van der Waals surface area contributed by atoms with Gasteiger partial charge in [-0.25, -0.2) is 4.79 Å². The minimum atomic E-state index is -4.42. The molecule has 1 N–H and O–H groups in total. The largest absolute Gasteiger partial charge is 0.408 e. The van der Waals surface area contributed by atoms with Gasteiger partial charge in [0.1, 0.15) is 6.04 Å². The van der Waals surface area contributed by atoms with Crippen LogP contribution < -0.4 is 5.32 Å². The minimum absolute atomic E-state index is 0.146. The zero-order valence-electron chi connectivity index (χ0n) is 11.0. The molecule has 6 heteroatoms. The van der Waals surface area contributed by atoms with Gasteiger partial charge in [-0.05, 0) is 24.8 Å². The van der Waals surface area contributed by atoms with Crippen LogP contribution in [0.15, 0.2) is 30.3 Å². The standard InChI is InChI=1S/C14H17F3N2O/c15-14(16,17)12(18-13(20)19-9-4-10-19)8-7-11-5-2-1-3-6-11/h1-3,5-6,12H,4,7-10H2,(H,18,20). The second kappa shape index (κ2) is 6.15. The van der Waals surface area contributed by atoms with E-state index in [1.54, 1.807) is 24.3 Å². The van der Waals surface area contributed by atoms with Gasteiger partial charge in [0, 0.05) is 13.1 Å². The van der Waals surface area contributed by atoms with E-state index in [0.717, 1.165) is 12.0 Å². The van der Waals surface area contributed by atoms with Crippen LogP contribution in [0.3, 0.4) is 0 Å². The molecule has 1 atom stereocenters. The maximum absolute atomic E-state index is 12.9. The molecule has 3 nitrogen and oxygen atoms in total. The highest BCUT2D eigenvalue weighted by atomic mass is 19.4. The molecule has 1 aliphatic rings. The van der Waals surface area contributed by atoms with Gasteiger partial charge in [0.2, 0.25) is 0 Å². The molecule has 0 aliphatic carbocycles. The van der Waals surface area contributed by atoms with Crippen molar-refractivity contribution in [2.45, 2.75) is 31.5 Å². The SMILES string of the molecule is O=C(NC(CCc1ccccc1)C(F)(F)F)N1CCC1. The van der Waals surface area contributed by atoms with Crippen molar-refractivity contribution < 1.29 is 18.0 Å². The Labute approximate surface area is 115 Å². The average molecular weight is 286 g/mol. The van der Waals surface area contributed by atoms with Crippen molar-refractivity contribution in [1.29, 1.82) is 0 Å². The van der Waals surface area contributed by atoms with E-state index in [4.69, 9.17) is 0 Å². The molecule has 2 rings (SSSR count). The van der Waals surface area contributed by atoms with Crippen molar-refractivity contribution in [1.82, 2.24) is 10.2 Å². The fraction of sp³-hybridized carbons (Fsp3) is 0.500. The number of alkyl halides is 3. The van der Waals surface area contributed by atoms with Gasteiger partial charge in [-0.3, -0.25) is 0 Å². The van der Waals surface area contributed by atoms with Gasteiger partial charge in [0.05, 0.1) is 0 Å². The van der Waals surface area contributed by atoms with Crippen LogP contribution in [-0.4, -0.2) is 36.2 Å². The lowest BCUT2D eigenvalue weighted by molar-refractivity contribution is -0.155. The van der Waals surface area contributed by atoms with Gasteiger partial charge < -0.3 is 10.2 Å². The molecule has 1 heterocycles. The van der Waals surface area contributed by atoms with Crippen molar-refractivity contribution in [3.05, 3.63) is 35.9 Å². The Morgan fingerprint density at radius 3 is 2.40 bits per heavy atom. The average Bonchev–Trinajstić information content (AvgIpc) is 2.32. The van der Waals surface area contributed by atoms with E-state index < -0.39 is 18.2 Å². The molecule has 1 unspecified atom stereocenters. The maximum Gasteiger partial charge on any atom is 0.408 e. The van der Waals surface area contributed by atoms with Crippen molar-refractivity contribution in [2.75, 3.05) is 13.1 Å². The van der Waals surface area contributed by atoms with Gasteiger partial charge in [-0.1, -0.05) is 30.3 Å². The summed E-state index contributed by atoms with van der Waals surface area (Å²) < 4.78 is 38.8. The van der Waals surface area contributed by atoms with Crippen LogP contribution in [0.4, 0.5) is 18.0 Å². The molecular weight excluding hydrogens is 269 g/mol. The number of carbonyl (C=O) groups is 1. The predicted molar refractivity (Wildman–Crippen MR) is 69.3 cm³/mol. The van der Waals surface area contributed by atoms with Crippen LogP contribution in [0.1, 0.15) is 18.4 Å². The molecule has 110 valence electrons. The molecule has 1 fully saturated rings. The summed E-state index contributed by atoms with van der Waals surface area (Å²) in [7, 11) is 0. The summed E-state index contributed by atoms with van der Waals surface area (Å²) in [6.45, 7) is 1.07. The van der Waals surface area contributed by atoms with Crippen molar-refractivity contribution >= 4 is 6.03 Å². The fourth-order valence-corrected chi connectivity index (χ4v) is 2.03. The number of carbonyl (C=O) groups excluding carboxylic acids is 1. The molecule has 20 heavy (non-hydrogen) atoms. The van der Waals surface area contributed by atoms with Gasteiger partial charge in [-0.15, -0.1) is 0 Å². The number of urea groups is 1. The van der Waals surface area contributed by atoms with Crippen LogP contribution in [0.5, 0.6) is 0 Å². The Hall–Kier alpha value is -1.72. The Kier molecular flexibility index (Phi) is 4.52. The van der Waals surface area contributed by atoms with Crippen LogP contribution in [0.2, 0.25) is 0 Å². The summed E-state index contributed by atoms with van der Waals surface area (Å²) in [6, 6.07) is 6.54. The highest BCUT2D eigenvalue weighted by molar-refractivity contribution is 5.75. The summed E-state index contributed by atoms with van der Waals surface area (Å²) in [5.74, 6) is 0. The van der Waals surface area contributed by atoms with E-state index in [1.165, 1.54) is 4.90 Å². The first-order chi connectivity index (χ1) is 9.47. The number of rotatable bonds is 4. The molecule has 1 aromatic carbocycles. The third kappa shape index (κ3) is 3.88. The number of halogens is 3. The van der Waals surface area contributed by atoms with E-state index in [0.29, 0.717) is 13.1 Å². The van der Waals surface area contributed by atoms with Gasteiger partial charge in [-0.2, -0.15) is 13.2 Å². The Bertz CT molecular complexity index is 443. The molecule has 0 aromatic heterocycles. The molecule has 2 amide bonds. The summed E-state index contributed by atoms with van der Waals surface area (Å²) >= 11 is 0. The number of nitrogens with one attached hydrogen (secondary N) is 1. The third-order valence-corrected chi connectivity index (χ3v) is 3.40. The van der Waals surface area contributed by atoms with Gasteiger partial charge in [0.15, 0.2) is 0 Å². The highest BCUT2D eigenvalue weighted by Crippen LogP contribution is 2.24. The first-order valence-electron chi connectivity index (χ1n) is 6.63. The summed E-state index contributed by atoms with van der Waals surface area (Å²) in [4.78, 5) is 13.0. The molecule has 0 bridgehead atoms. The molecule has 1 saturated heterocycles. The quantitative estimate of drug-likeness (QED) is 0.906. The summed E-state index contributed by atoms with van der Waals surface area (Å²) in [5.41, 5.74) is 0.833. The first kappa shape index (κ1) is 14.7. The van der Waals surface area contributed by atoms with E-state index in [1.807, 2.05) is 6.07 Å². The highest BCUT2D eigenvalue weighted by Gasteiger charge is 2.41. The lowest BCUT2D eigenvalue weighted by Crippen LogP contribution is -2.54. The smallest absolute Gasteiger partial charge is 0.326 e. The van der Waals surface area contributed by atoms with Gasteiger partial charge in [0.25, 0.3) is 0 Å². The number of amides is 2. The summed E-state index contributed by atoms with van der Waals surface area (Å²) in [6.07, 6.45) is -3.43. The van der Waals surface area contributed by atoms with E-state index in [-0.39, 0.29) is 12.8 Å². The lowest BCUT2D eigenvalue weighted by atomic mass is 10.0. The van der Waals surface area contributed by atoms with Crippen LogP contribution in [0, 0.1) is 0 Å². The first-order valence-corrected chi connectivity index (χ1v) is 6.63. The predicted octanol–water partition coefficient (Wildman–Crippen LogP) is 2.97. The minimum Gasteiger partial charge on any atom is -0.326 e. The van der Waals surface area contributed by atoms with Crippen molar-refractivity contribution in [2.24, 2.45) is 0 Å². The zero-order valence-corrected chi connectivity index (χ0v) is 11.0. The molecular formula is C14H17F3N2O. The van der Waals surface area contributed by atoms with Crippen molar-refractivity contribution in [3.8, 4) is 0 Å². The Morgan fingerprint density at radius 2 is 1.90 bits per heavy atom. The molecule has 0 spiro atoms. The number of likely N-dealkylation sites (tertiary alicyclic amines) is 1. The molecule has 0 saturated carbocycles. The fourth-order valence-electron chi connectivity index (χ4n) is 2.03. The topological polar surface area (TPSA) is 32.3 Å². The molecule has 0 radical (unpaired) electrons. The molecule has 1 aromatic rings. The Balaban J connectivity index is 1.91. The van der Waals surface area contributed by atoms with E-state index in [9.17, 15) is 18.0 Å². The lowest BCUT2D eigenvalue weighted by Gasteiger charge is -2.33. The van der Waals surface area contributed by atoms with E-state index >= 15 is 0 Å². The summed E-state index contributed by atoms with van der Waals surface area (Å²) in [5, 5.41) is 2.09. The number of benzene rings is 1. The molecule has 1 aliphatic heterocycles.